The van der Waals surface area contributed by atoms with Gasteiger partial charge in [-0.15, -0.1) is 0 Å². The third-order valence-corrected chi connectivity index (χ3v) is 3.13. The Bertz CT molecular complexity index is 698. The monoisotopic (exact) mass is 315 g/mol. The summed E-state index contributed by atoms with van der Waals surface area (Å²) in [4.78, 5) is 15.5. The van der Waals surface area contributed by atoms with Gasteiger partial charge < -0.3 is 10.1 Å². The Kier molecular flexibility index (Phi) is 5.34. The van der Waals surface area contributed by atoms with Crippen molar-refractivity contribution in [3.8, 4) is 11.8 Å². The predicted molar refractivity (Wildman–Crippen MR) is 83.6 cm³/mol. The molecule has 0 radical (unpaired) electrons. The maximum atomic E-state index is 11.5. The van der Waals surface area contributed by atoms with E-state index in [4.69, 9.17) is 16.3 Å². The molecule has 2 aromatic rings. The summed E-state index contributed by atoms with van der Waals surface area (Å²) >= 11 is 6.00. The van der Waals surface area contributed by atoms with Crippen molar-refractivity contribution >= 4 is 23.3 Å². The number of ether oxygens (including phenoxy) is 1. The number of carbonyl (C=O) groups is 1. The highest BCUT2D eigenvalue weighted by Gasteiger charge is 2.18. The molecule has 0 fully saturated rings. The zero-order chi connectivity index (χ0) is 15.9. The minimum absolute atomic E-state index is 0.245. The molecule has 22 heavy (non-hydrogen) atoms. The number of halogens is 1. The van der Waals surface area contributed by atoms with Gasteiger partial charge in [-0.2, -0.15) is 5.26 Å². The second kappa shape index (κ2) is 7.43. The molecule has 2 rings (SSSR count). The van der Waals surface area contributed by atoms with E-state index in [1.54, 1.807) is 49.6 Å². The number of hydrogen-bond donors (Lipinski definition) is 1. The van der Waals surface area contributed by atoms with Crippen molar-refractivity contribution in [3.05, 3.63) is 53.3 Å². The minimum atomic E-state index is -0.720. The fraction of sp³-hybridized carbons (Fsp3) is 0.188. The largest absolute Gasteiger partial charge is 0.426 e. The lowest BCUT2D eigenvalue weighted by molar-refractivity contribution is -0.134. The summed E-state index contributed by atoms with van der Waals surface area (Å²) in [6.07, 6.45) is 3.49. The van der Waals surface area contributed by atoms with Crippen molar-refractivity contribution in [2.75, 3.05) is 5.32 Å². The first-order valence-electron chi connectivity index (χ1n) is 6.70. The van der Waals surface area contributed by atoms with E-state index < -0.39 is 6.04 Å². The van der Waals surface area contributed by atoms with Crippen LogP contribution in [0.2, 0.25) is 5.02 Å². The summed E-state index contributed by atoms with van der Waals surface area (Å²) in [7, 11) is 0. The molecule has 0 saturated heterocycles. The number of anilines is 1. The normalized spacial score (nSPS) is 11.3. The Morgan fingerprint density at radius 3 is 2.95 bits per heavy atom. The average Bonchev–Trinajstić information content (AvgIpc) is 2.55. The van der Waals surface area contributed by atoms with Gasteiger partial charge in [0.25, 0.3) is 0 Å². The van der Waals surface area contributed by atoms with Crippen LogP contribution in [-0.2, 0) is 4.79 Å². The van der Waals surface area contributed by atoms with Crippen LogP contribution in [0.4, 0.5) is 5.69 Å². The van der Waals surface area contributed by atoms with E-state index in [0.29, 0.717) is 22.0 Å². The molecular formula is C16H14ClN3O2. The maximum absolute atomic E-state index is 11.5. The minimum Gasteiger partial charge on any atom is -0.426 e. The average molecular weight is 316 g/mol. The van der Waals surface area contributed by atoms with E-state index in [0.717, 1.165) is 0 Å². The number of nitrogens with one attached hydrogen (secondary N) is 1. The number of benzene rings is 1. The standard InChI is InChI=1S/C16H14ClN3O2/c1-2-16(21)22-15-6-5-11(17)8-13(15)14(9-18)20-12-4-3-7-19-10-12/h3-8,10,14,20H,2H2,1H3. The molecule has 0 aliphatic rings. The second-order valence-electron chi connectivity index (χ2n) is 4.46. The van der Waals surface area contributed by atoms with Gasteiger partial charge in [-0.25, -0.2) is 0 Å². The molecule has 5 nitrogen and oxygen atoms in total. The maximum Gasteiger partial charge on any atom is 0.310 e. The van der Waals surface area contributed by atoms with Gasteiger partial charge >= 0.3 is 5.97 Å². The summed E-state index contributed by atoms with van der Waals surface area (Å²) in [5.41, 5.74) is 1.18. The molecule has 1 heterocycles. The van der Waals surface area contributed by atoms with Crippen LogP contribution >= 0.6 is 11.6 Å². The van der Waals surface area contributed by atoms with Gasteiger partial charge in [-0.3, -0.25) is 9.78 Å². The molecule has 1 unspecified atom stereocenters. The molecule has 1 aromatic heterocycles. The van der Waals surface area contributed by atoms with Gasteiger partial charge in [0.1, 0.15) is 11.8 Å². The van der Waals surface area contributed by atoms with Crippen molar-refractivity contribution in [1.82, 2.24) is 4.98 Å². The Morgan fingerprint density at radius 2 is 2.32 bits per heavy atom. The van der Waals surface area contributed by atoms with Crippen LogP contribution in [0.5, 0.6) is 5.75 Å². The van der Waals surface area contributed by atoms with Crippen molar-refractivity contribution < 1.29 is 9.53 Å². The van der Waals surface area contributed by atoms with Gasteiger partial charge in [0.05, 0.1) is 11.8 Å². The first-order chi connectivity index (χ1) is 10.6. The zero-order valence-electron chi connectivity index (χ0n) is 11.9. The molecule has 0 aliphatic carbocycles. The van der Waals surface area contributed by atoms with Crippen molar-refractivity contribution in [2.24, 2.45) is 0 Å². The van der Waals surface area contributed by atoms with Gasteiger partial charge in [-0.05, 0) is 30.3 Å². The Hall–Kier alpha value is -2.58. The van der Waals surface area contributed by atoms with Gasteiger partial charge in [-0.1, -0.05) is 18.5 Å². The van der Waals surface area contributed by atoms with Gasteiger partial charge in [0.2, 0.25) is 0 Å². The summed E-state index contributed by atoms with van der Waals surface area (Å²) in [6, 6.07) is 9.77. The van der Waals surface area contributed by atoms with Crippen LogP contribution < -0.4 is 10.1 Å². The number of esters is 1. The number of nitriles is 1. The lowest BCUT2D eigenvalue weighted by Gasteiger charge is -2.16. The third kappa shape index (κ3) is 3.96. The molecule has 0 saturated carbocycles. The third-order valence-electron chi connectivity index (χ3n) is 2.90. The van der Waals surface area contributed by atoms with Crippen molar-refractivity contribution in [2.45, 2.75) is 19.4 Å². The summed E-state index contributed by atoms with van der Waals surface area (Å²) in [5, 5.41) is 12.9. The van der Waals surface area contributed by atoms with Gasteiger partial charge in [0, 0.05) is 29.4 Å². The summed E-state index contributed by atoms with van der Waals surface area (Å²) < 4.78 is 5.27. The van der Waals surface area contributed by atoms with Crippen LogP contribution in [0.3, 0.4) is 0 Å². The SMILES string of the molecule is CCC(=O)Oc1ccc(Cl)cc1C(C#N)Nc1cccnc1. The molecule has 0 bridgehead atoms. The predicted octanol–water partition coefficient (Wildman–Crippen LogP) is 3.73. The van der Waals surface area contributed by atoms with E-state index >= 15 is 0 Å². The highest BCUT2D eigenvalue weighted by molar-refractivity contribution is 6.30. The number of rotatable bonds is 5. The highest BCUT2D eigenvalue weighted by atomic mass is 35.5. The first kappa shape index (κ1) is 15.8. The fourth-order valence-corrected chi connectivity index (χ4v) is 2.01. The number of hydrogen-bond acceptors (Lipinski definition) is 5. The number of carbonyl (C=O) groups excluding carboxylic acids is 1. The Balaban J connectivity index is 2.33. The number of pyridine rings is 1. The molecule has 0 spiro atoms. The fourth-order valence-electron chi connectivity index (χ4n) is 1.83. The Morgan fingerprint density at radius 1 is 1.50 bits per heavy atom. The van der Waals surface area contributed by atoms with E-state index in [2.05, 4.69) is 16.4 Å². The molecular weight excluding hydrogens is 302 g/mol. The van der Waals surface area contributed by atoms with Crippen LogP contribution in [0, 0.1) is 11.3 Å². The molecule has 0 amide bonds. The van der Waals surface area contributed by atoms with Crippen LogP contribution in [0.1, 0.15) is 24.9 Å². The lowest BCUT2D eigenvalue weighted by atomic mass is 10.1. The molecule has 1 atom stereocenters. The molecule has 1 N–H and O–H groups in total. The van der Waals surface area contributed by atoms with Gasteiger partial charge in [0.15, 0.2) is 0 Å². The smallest absolute Gasteiger partial charge is 0.310 e. The first-order valence-corrected chi connectivity index (χ1v) is 7.08. The topological polar surface area (TPSA) is 75.0 Å². The van der Waals surface area contributed by atoms with Crippen LogP contribution in [-0.4, -0.2) is 11.0 Å². The van der Waals surface area contributed by atoms with E-state index in [1.165, 1.54) is 0 Å². The quantitative estimate of drug-likeness (QED) is 0.672. The Labute approximate surface area is 133 Å². The second-order valence-corrected chi connectivity index (χ2v) is 4.89. The van der Waals surface area contributed by atoms with Crippen molar-refractivity contribution in [1.29, 1.82) is 5.26 Å². The summed E-state index contributed by atoms with van der Waals surface area (Å²) in [5.74, 6) is -0.0548. The lowest BCUT2D eigenvalue weighted by Crippen LogP contribution is -2.13. The molecule has 1 aromatic carbocycles. The zero-order valence-corrected chi connectivity index (χ0v) is 12.7. The van der Waals surface area contributed by atoms with E-state index in [9.17, 15) is 10.1 Å². The van der Waals surface area contributed by atoms with Crippen LogP contribution in [0.15, 0.2) is 42.7 Å². The molecule has 112 valence electrons. The number of nitrogens with zero attached hydrogens (tertiary/aromatic N) is 2. The van der Waals surface area contributed by atoms with Crippen molar-refractivity contribution in [3.63, 3.8) is 0 Å². The van der Waals surface area contributed by atoms with E-state index in [-0.39, 0.29) is 12.4 Å². The van der Waals surface area contributed by atoms with Crippen LogP contribution in [0.25, 0.3) is 0 Å². The molecule has 6 heteroatoms. The highest BCUT2D eigenvalue weighted by Crippen LogP contribution is 2.30. The number of aromatic nitrogens is 1. The van der Waals surface area contributed by atoms with E-state index in [1.807, 2.05) is 0 Å². The molecule has 0 aliphatic heterocycles. The summed E-state index contributed by atoms with van der Waals surface area (Å²) in [6.45, 7) is 1.70.